The number of benzene rings is 2. The molecule has 0 unspecified atom stereocenters. The van der Waals surface area contributed by atoms with Crippen molar-refractivity contribution in [1.29, 1.82) is 0 Å². The van der Waals surface area contributed by atoms with Gasteiger partial charge in [0, 0.05) is 18.5 Å². The molecule has 0 aromatic heterocycles. The fraction of sp³-hybridized carbons (Fsp3) is 0.286. The van der Waals surface area contributed by atoms with Crippen molar-refractivity contribution < 1.29 is 28.6 Å². The van der Waals surface area contributed by atoms with Gasteiger partial charge in [-0.25, -0.2) is 0 Å². The van der Waals surface area contributed by atoms with Crippen molar-refractivity contribution in [2.45, 2.75) is 6.42 Å². The van der Waals surface area contributed by atoms with E-state index in [2.05, 4.69) is 0 Å². The van der Waals surface area contributed by atoms with Crippen molar-refractivity contribution >= 4 is 23.3 Å². The van der Waals surface area contributed by atoms with Crippen molar-refractivity contribution in [3.05, 3.63) is 54.1 Å². The topological polar surface area (TPSA) is 82.1 Å². The molecule has 7 heteroatoms. The predicted octanol–water partition coefficient (Wildman–Crippen LogP) is 2.48. The lowest BCUT2D eigenvalue weighted by Gasteiger charge is -2.19. The highest BCUT2D eigenvalue weighted by Gasteiger charge is 2.37. The summed E-state index contributed by atoms with van der Waals surface area (Å²) >= 11 is 0. The molecule has 0 aliphatic carbocycles. The second-order valence-corrected chi connectivity index (χ2v) is 6.34. The molecule has 0 bridgehead atoms. The van der Waals surface area contributed by atoms with E-state index >= 15 is 0 Å². The Labute approximate surface area is 162 Å². The lowest BCUT2D eigenvalue weighted by atomic mass is 10.1. The number of Topliss-reactive ketones (excluding diaryl/α,β-unsaturated/α-hetero) is 1. The largest absolute Gasteiger partial charge is 0.497 e. The number of nitrogens with zero attached hydrogens (tertiary/aromatic N) is 1. The van der Waals surface area contributed by atoms with E-state index < -0.39 is 11.9 Å². The van der Waals surface area contributed by atoms with Gasteiger partial charge in [0.25, 0.3) is 0 Å². The highest BCUT2D eigenvalue weighted by molar-refractivity contribution is 6.01. The third-order valence-corrected chi connectivity index (χ3v) is 4.59. The van der Waals surface area contributed by atoms with Crippen LogP contribution in [-0.2, 0) is 14.3 Å². The molecule has 28 heavy (non-hydrogen) atoms. The Bertz CT molecular complexity index is 877. The second-order valence-electron chi connectivity index (χ2n) is 6.34. The standard InChI is InChI=1S/C21H21NO6/c1-26-16-9-7-14(8-10-16)18(23)13-28-21(25)15-11-20(24)22(12-15)17-5-3-4-6-19(17)27-2/h3-10,15H,11-13H2,1-2H3/t15-/m1/s1. The van der Waals surface area contributed by atoms with Crippen molar-refractivity contribution in [2.75, 3.05) is 32.3 Å². The van der Waals surface area contributed by atoms with Gasteiger partial charge in [-0.05, 0) is 36.4 Å². The number of methoxy groups -OCH3 is 2. The maximum absolute atomic E-state index is 12.4. The zero-order chi connectivity index (χ0) is 20.1. The highest BCUT2D eigenvalue weighted by Crippen LogP contribution is 2.33. The zero-order valence-corrected chi connectivity index (χ0v) is 15.7. The second kappa shape index (κ2) is 8.56. The summed E-state index contributed by atoms with van der Waals surface area (Å²) in [5.74, 6) is -0.502. The minimum atomic E-state index is -0.624. The first-order valence-electron chi connectivity index (χ1n) is 8.80. The Balaban J connectivity index is 1.59. The number of ketones is 1. The van der Waals surface area contributed by atoms with Crippen molar-refractivity contribution in [3.8, 4) is 11.5 Å². The van der Waals surface area contributed by atoms with Crippen LogP contribution in [0.1, 0.15) is 16.8 Å². The Hall–Kier alpha value is -3.35. The first-order chi connectivity index (χ1) is 13.5. The molecule has 0 radical (unpaired) electrons. The van der Waals surface area contributed by atoms with E-state index in [1.807, 2.05) is 0 Å². The number of anilines is 1. The molecule has 3 rings (SSSR count). The number of carbonyl (C=O) groups is 3. The molecule has 0 spiro atoms. The number of hydrogen-bond acceptors (Lipinski definition) is 6. The summed E-state index contributed by atoms with van der Waals surface area (Å²) < 4.78 is 15.5. The first-order valence-corrected chi connectivity index (χ1v) is 8.80. The van der Waals surface area contributed by atoms with E-state index in [0.717, 1.165) is 0 Å². The summed E-state index contributed by atoms with van der Waals surface area (Å²) in [7, 11) is 3.06. The van der Waals surface area contributed by atoms with Gasteiger partial charge in [-0.1, -0.05) is 12.1 Å². The molecule has 1 aliphatic rings. The Morgan fingerprint density at radius 1 is 1.04 bits per heavy atom. The van der Waals surface area contributed by atoms with Gasteiger partial charge in [0.1, 0.15) is 11.5 Å². The molecule has 146 valence electrons. The molecule has 1 heterocycles. The number of hydrogen-bond donors (Lipinski definition) is 0. The molecule has 1 saturated heterocycles. The van der Waals surface area contributed by atoms with Crippen LogP contribution in [0, 0.1) is 5.92 Å². The molecule has 7 nitrogen and oxygen atoms in total. The Morgan fingerprint density at radius 3 is 2.43 bits per heavy atom. The predicted molar refractivity (Wildman–Crippen MR) is 102 cm³/mol. The quantitative estimate of drug-likeness (QED) is 0.540. The maximum Gasteiger partial charge on any atom is 0.311 e. The number of para-hydroxylation sites is 2. The van der Waals surface area contributed by atoms with Gasteiger partial charge in [0.2, 0.25) is 5.91 Å². The van der Waals surface area contributed by atoms with E-state index in [9.17, 15) is 14.4 Å². The zero-order valence-electron chi connectivity index (χ0n) is 15.7. The first kappa shape index (κ1) is 19.4. The van der Waals surface area contributed by atoms with Gasteiger partial charge in [-0.3, -0.25) is 14.4 Å². The van der Waals surface area contributed by atoms with E-state index in [1.165, 1.54) is 19.1 Å². The number of amides is 1. The Morgan fingerprint density at radius 2 is 1.75 bits per heavy atom. The number of ether oxygens (including phenoxy) is 3. The number of rotatable bonds is 7. The van der Waals surface area contributed by atoms with Crippen LogP contribution in [0.4, 0.5) is 5.69 Å². The number of esters is 1. The van der Waals surface area contributed by atoms with Crippen molar-refractivity contribution in [1.82, 2.24) is 0 Å². The van der Waals surface area contributed by atoms with Crippen LogP contribution in [-0.4, -0.2) is 45.0 Å². The van der Waals surface area contributed by atoms with E-state index in [0.29, 0.717) is 22.7 Å². The molecular formula is C21H21NO6. The molecule has 2 aromatic rings. The lowest BCUT2D eigenvalue weighted by molar-refractivity contribution is -0.147. The molecule has 1 fully saturated rings. The Kier molecular flexibility index (Phi) is 5.93. The molecule has 1 amide bonds. The fourth-order valence-corrected chi connectivity index (χ4v) is 3.07. The van der Waals surface area contributed by atoms with Crippen LogP contribution in [0.2, 0.25) is 0 Å². The van der Waals surface area contributed by atoms with Crippen LogP contribution in [0.15, 0.2) is 48.5 Å². The molecule has 0 saturated carbocycles. The normalized spacial score (nSPS) is 16.0. The highest BCUT2D eigenvalue weighted by atomic mass is 16.5. The average Bonchev–Trinajstić information content (AvgIpc) is 3.13. The third kappa shape index (κ3) is 4.14. The smallest absolute Gasteiger partial charge is 0.311 e. The van der Waals surface area contributed by atoms with Crippen molar-refractivity contribution in [3.63, 3.8) is 0 Å². The van der Waals surface area contributed by atoms with Gasteiger partial charge in [-0.15, -0.1) is 0 Å². The molecular weight excluding hydrogens is 362 g/mol. The minimum absolute atomic E-state index is 0.0353. The summed E-state index contributed by atoms with van der Waals surface area (Å²) in [6.07, 6.45) is 0.0353. The summed E-state index contributed by atoms with van der Waals surface area (Å²) in [5.41, 5.74) is 1.03. The molecule has 2 aromatic carbocycles. The number of carbonyl (C=O) groups excluding carboxylic acids is 3. The monoisotopic (exact) mass is 383 g/mol. The molecule has 0 N–H and O–H groups in total. The minimum Gasteiger partial charge on any atom is -0.497 e. The van der Waals surface area contributed by atoms with Gasteiger partial charge >= 0.3 is 5.97 Å². The van der Waals surface area contributed by atoms with Crippen LogP contribution < -0.4 is 14.4 Å². The van der Waals surface area contributed by atoms with Crippen LogP contribution in [0.3, 0.4) is 0 Å². The summed E-state index contributed by atoms with van der Waals surface area (Å²) in [6, 6.07) is 13.7. The van der Waals surface area contributed by atoms with E-state index in [1.54, 1.807) is 48.5 Å². The van der Waals surface area contributed by atoms with E-state index in [4.69, 9.17) is 14.2 Å². The summed E-state index contributed by atoms with van der Waals surface area (Å²) in [4.78, 5) is 38.4. The van der Waals surface area contributed by atoms with Crippen LogP contribution in [0.5, 0.6) is 11.5 Å². The van der Waals surface area contributed by atoms with Crippen LogP contribution in [0.25, 0.3) is 0 Å². The van der Waals surface area contributed by atoms with Crippen molar-refractivity contribution in [2.24, 2.45) is 5.92 Å². The SMILES string of the molecule is COc1ccc(C(=O)COC(=O)[C@@H]2CC(=O)N(c3ccccc3OC)C2)cc1. The summed E-state index contributed by atoms with van der Waals surface area (Å²) in [6.45, 7) is -0.181. The lowest BCUT2D eigenvalue weighted by Crippen LogP contribution is -2.27. The van der Waals surface area contributed by atoms with Crippen LogP contribution >= 0.6 is 0 Å². The average molecular weight is 383 g/mol. The van der Waals surface area contributed by atoms with Gasteiger partial charge in [0.05, 0.1) is 25.8 Å². The molecule has 1 aliphatic heterocycles. The van der Waals surface area contributed by atoms with E-state index in [-0.39, 0.29) is 31.3 Å². The van der Waals surface area contributed by atoms with Gasteiger partial charge < -0.3 is 19.1 Å². The molecule has 1 atom stereocenters. The maximum atomic E-state index is 12.4. The van der Waals surface area contributed by atoms with Gasteiger partial charge in [0.15, 0.2) is 12.4 Å². The fourth-order valence-electron chi connectivity index (χ4n) is 3.07. The van der Waals surface area contributed by atoms with Gasteiger partial charge in [-0.2, -0.15) is 0 Å². The third-order valence-electron chi connectivity index (χ3n) is 4.59. The summed E-state index contributed by atoms with van der Waals surface area (Å²) in [5, 5.41) is 0.